The van der Waals surface area contributed by atoms with E-state index in [9.17, 15) is 9.59 Å². The van der Waals surface area contributed by atoms with Crippen molar-refractivity contribution in [2.45, 2.75) is 6.10 Å². The lowest BCUT2D eigenvalue weighted by molar-refractivity contribution is 0.0403. The lowest BCUT2D eigenvalue weighted by Crippen LogP contribution is -2.10. The van der Waals surface area contributed by atoms with Crippen molar-refractivity contribution in [1.29, 1.82) is 5.26 Å². The van der Waals surface area contributed by atoms with Gasteiger partial charge in [-0.1, -0.05) is 30.3 Å². The Morgan fingerprint density at radius 3 is 2.14 bits per heavy atom. The maximum Gasteiger partial charge on any atom is 0.339 e. The predicted octanol–water partition coefficient (Wildman–Crippen LogP) is 2.81. The maximum absolute atomic E-state index is 11.9. The number of hydrogen-bond donors (Lipinski definition) is 1. The molecule has 1 atom stereocenters. The Bertz CT molecular complexity index is 686. The van der Waals surface area contributed by atoms with Crippen molar-refractivity contribution < 1.29 is 19.4 Å². The van der Waals surface area contributed by atoms with E-state index < -0.39 is 18.0 Å². The summed E-state index contributed by atoms with van der Waals surface area (Å²) in [4.78, 5) is 22.7. The van der Waals surface area contributed by atoms with Gasteiger partial charge in [-0.2, -0.15) is 5.26 Å². The summed E-state index contributed by atoms with van der Waals surface area (Å²) >= 11 is 0. The molecule has 2 aromatic carbocycles. The van der Waals surface area contributed by atoms with E-state index in [1.54, 1.807) is 30.3 Å². The van der Waals surface area contributed by atoms with E-state index in [2.05, 4.69) is 0 Å². The summed E-state index contributed by atoms with van der Waals surface area (Å²) in [6.07, 6.45) is -1.08. The van der Waals surface area contributed by atoms with Gasteiger partial charge in [-0.3, -0.25) is 0 Å². The van der Waals surface area contributed by atoms with Crippen LogP contribution in [0.3, 0.4) is 0 Å². The van der Waals surface area contributed by atoms with Gasteiger partial charge in [-0.25, -0.2) is 9.59 Å². The number of carboxylic acid groups (broad SMARTS) is 1. The first-order chi connectivity index (χ1) is 10.1. The lowest BCUT2D eigenvalue weighted by atomic mass is 10.1. The van der Waals surface area contributed by atoms with Crippen molar-refractivity contribution in [3.05, 3.63) is 71.3 Å². The minimum absolute atomic E-state index is 0.102. The molecule has 0 aliphatic heterocycles. The molecule has 0 saturated heterocycles. The van der Waals surface area contributed by atoms with Crippen LogP contribution >= 0.6 is 0 Å². The Hall–Kier alpha value is -3.13. The topological polar surface area (TPSA) is 87.4 Å². The van der Waals surface area contributed by atoms with Gasteiger partial charge in [0.25, 0.3) is 0 Å². The average molecular weight is 281 g/mol. The third-order valence-corrected chi connectivity index (χ3v) is 2.81. The van der Waals surface area contributed by atoms with Gasteiger partial charge in [0, 0.05) is 5.56 Å². The monoisotopic (exact) mass is 281 g/mol. The first-order valence-corrected chi connectivity index (χ1v) is 6.10. The fourth-order valence-corrected chi connectivity index (χ4v) is 1.72. The number of hydrogen-bond acceptors (Lipinski definition) is 4. The Morgan fingerprint density at radius 1 is 1.00 bits per heavy atom. The van der Waals surface area contributed by atoms with Crippen LogP contribution in [-0.2, 0) is 4.74 Å². The number of nitriles is 1. The van der Waals surface area contributed by atoms with Crippen LogP contribution in [0, 0.1) is 11.3 Å². The Morgan fingerprint density at radius 2 is 1.62 bits per heavy atom. The highest BCUT2D eigenvalue weighted by atomic mass is 16.5. The molecule has 5 heteroatoms. The van der Waals surface area contributed by atoms with Crippen LogP contribution in [0.1, 0.15) is 32.4 Å². The summed E-state index contributed by atoms with van der Waals surface area (Å²) in [5, 5.41) is 17.9. The minimum Gasteiger partial charge on any atom is -0.478 e. The highest BCUT2D eigenvalue weighted by Crippen LogP contribution is 2.19. The molecule has 0 saturated carbocycles. The van der Waals surface area contributed by atoms with E-state index in [-0.39, 0.29) is 5.56 Å². The second kappa shape index (κ2) is 6.35. The molecule has 2 rings (SSSR count). The molecule has 0 fully saturated rings. The number of esters is 1. The standard InChI is InChI=1S/C16H11NO4/c17-10-14(11-6-8-12(9-7-11)15(18)19)21-16(20)13-4-2-1-3-5-13/h1-9,14H,(H,18,19). The number of ether oxygens (including phenoxy) is 1. The van der Waals surface area contributed by atoms with Gasteiger partial charge in [0.15, 0.2) is 0 Å². The molecule has 104 valence electrons. The van der Waals surface area contributed by atoms with E-state index in [4.69, 9.17) is 15.1 Å². The number of carbonyl (C=O) groups excluding carboxylic acids is 1. The van der Waals surface area contributed by atoms with E-state index >= 15 is 0 Å². The lowest BCUT2D eigenvalue weighted by Gasteiger charge is -2.11. The van der Waals surface area contributed by atoms with Gasteiger partial charge >= 0.3 is 11.9 Å². The highest BCUT2D eigenvalue weighted by Gasteiger charge is 2.17. The van der Waals surface area contributed by atoms with E-state index in [1.807, 2.05) is 6.07 Å². The zero-order valence-corrected chi connectivity index (χ0v) is 10.9. The third kappa shape index (κ3) is 3.45. The normalized spacial score (nSPS) is 11.2. The molecule has 0 spiro atoms. The minimum atomic E-state index is -1.08. The zero-order valence-electron chi connectivity index (χ0n) is 10.9. The fraction of sp³-hybridized carbons (Fsp3) is 0.0625. The van der Waals surface area contributed by atoms with Gasteiger partial charge in [-0.15, -0.1) is 0 Å². The molecular weight excluding hydrogens is 270 g/mol. The van der Waals surface area contributed by atoms with E-state index in [0.717, 1.165) is 0 Å². The fourth-order valence-electron chi connectivity index (χ4n) is 1.72. The van der Waals surface area contributed by atoms with E-state index in [0.29, 0.717) is 11.1 Å². The number of benzene rings is 2. The van der Waals surface area contributed by atoms with Crippen molar-refractivity contribution in [2.75, 3.05) is 0 Å². The van der Waals surface area contributed by atoms with E-state index in [1.165, 1.54) is 24.3 Å². The summed E-state index contributed by atoms with van der Waals surface area (Å²) in [7, 11) is 0. The molecule has 0 aliphatic carbocycles. The van der Waals surface area contributed by atoms with Gasteiger partial charge in [0.05, 0.1) is 11.1 Å². The molecular formula is C16H11NO4. The van der Waals surface area contributed by atoms with Crippen LogP contribution in [0.2, 0.25) is 0 Å². The largest absolute Gasteiger partial charge is 0.478 e. The molecule has 0 aliphatic rings. The Kier molecular flexibility index (Phi) is 4.32. The van der Waals surface area contributed by atoms with Crippen LogP contribution in [0.15, 0.2) is 54.6 Å². The molecule has 0 bridgehead atoms. The summed E-state index contributed by atoms with van der Waals surface area (Å²) < 4.78 is 5.12. The molecule has 5 nitrogen and oxygen atoms in total. The molecule has 1 N–H and O–H groups in total. The number of carbonyl (C=O) groups is 2. The third-order valence-electron chi connectivity index (χ3n) is 2.81. The zero-order chi connectivity index (χ0) is 15.2. The summed E-state index contributed by atoms with van der Waals surface area (Å²) in [5.74, 6) is -1.67. The van der Waals surface area contributed by atoms with Crippen molar-refractivity contribution in [1.82, 2.24) is 0 Å². The van der Waals surface area contributed by atoms with Crippen LogP contribution in [0.5, 0.6) is 0 Å². The molecule has 0 amide bonds. The summed E-state index contributed by atoms with van der Waals surface area (Å²) in [5.41, 5.74) is 0.872. The number of aromatic carboxylic acids is 1. The molecule has 0 heterocycles. The Balaban J connectivity index is 2.15. The highest BCUT2D eigenvalue weighted by molar-refractivity contribution is 5.89. The van der Waals surface area contributed by atoms with Crippen molar-refractivity contribution in [3.8, 4) is 6.07 Å². The van der Waals surface area contributed by atoms with Crippen LogP contribution < -0.4 is 0 Å². The molecule has 1 unspecified atom stereocenters. The maximum atomic E-state index is 11.9. The van der Waals surface area contributed by atoms with Gasteiger partial charge in [-0.05, 0) is 24.3 Å². The first-order valence-electron chi connectivity index (χ1n) is 6.10. The van der Waals surface area contributed by atoms with Crippen LogP contribution in [0.25, 0.3) is 0 Å². The van der Waals surface area contributed by atoms with Gasteiger partial charge in [0.1, 0.15) is 6.07 Å². The second-order valence-corrected chi connectivity index (χ2v) is 4.21. The molecule has 21 heavy (non-hydrogen) atoms. The molecule has 0 aromatic heterocycles. The van der Waals surface area contributed by atoms with Crippen molar-refractivity contribution >= 4 is 11.9 Å². The number of rotatable bonds is 4. The molecule has 2 aromatic rings. The Labute approximate surface area is 121 Å². The predicted molar refractivity (Wildman–Crippen MR) is 73.6 cm³/mol. The molecule has 0 radical (unpaired) electrons. The average Bonchev–Trinajstić information content (AvgIpc) is 2.53. The smallest absolute Gasteiger partial charge is 0.339 e. The number of nitrogens with zero attached hydrogens (tertiary/aromatic N) is 1. The SMILES string of the molecule is N#CC(OC(=O)c1ccccc1)c1ccc(C(=O)O)cc1. The number of carboxylic acids is 1. The van der Waals surface area contributed by atoms with Crippen LogP contribution in [-0.4, -0.2) is 17.0 Å². The van der Waals surface area contributed by atoms with Gasteiger partial charge < -0.3 is 9.84 Å². The first kappa shape index (κ1) is 14.3. The van der Waals surface area contributed by atoms with Crippen molar-refractivity contribution in [2.24, 2.45) is 0 Å². The summed E-state index contributed by atoms with van der Waals surface area (Å²) in [6.45, 7) is 0. The summed E-state index contributed by atoms with van der Waals surface area (Å²) in [6, 6.07) is 15.8. The quantitative estimate of drug-likeness (QED) is 0.870. The van der Waals surface area contributed by atoms with Crippen LogP contribution in [0.4, 0.5) is 0 Å². The van der Waals surface area contributed by atoms with Crippen molar-refractivity contribution in [3.63, 3.8) is 0 Å². The second-order valence-electron chi connectivity index (χ2n) is 4.21. The van der Waals surface area contributed by atoms with Gasteiger partial charge in [0.2, 0.25) is 6.10 Å².